The van der Waals surface area contributed by atoms with Crippen molar-refractivity contribution in [1.82, 2.24) is 5.32 Å². The van der Waals surface area contributed by atoms with Crippen molar-refractivity contribution in [2.75, 3.05) is 5.32 Å². The van der Waals surface area contributed by atoms with E-state index in [9.17, 15) is 9.59 Å². The number of carbonyl (C=O) groups is 2. The Labute approximate surface area is 200 Å². The maximum atomic E-state index is 12.6. The summed E-state index contributed by atoms with van der Waals surface area (Å²) in [5, 5.41) is 8.33. The second-order valence-corrected chi connectivity index (χ2v) is 9.52. The minimum atomic E-state index is -0.711. The number of hydrogen-bond acceptors (Lipinski definition) is 4. The normalized spacial score (nSPS) is 11.8. The van der Waals surface area contributed by atoms with Gasteiger partial charge in [-0.15, -0.1) is 11.3 Å². The van der Waals surface area contributed by atoms with Crippen LogP contribution in [0.2, 0.25) is 0 Å². The van der Waals surface area contributed by atoms with Crippen molar-refractivity contribution in [2.45, 2.75) is 52.7 Å². The number of anilines is 1. The van der Waals surface area contributed by atoms with Crippen LogP contribution in [0.4, 0.5) is 9.80 Å². The van der Waals surface area contributed by atoms with Gasteiger partial charge in [-0.2, -0.15) is 0 Å². The van der Waals surface area contributed by atoms with Gasteiger partial charge >= 0.3 is 6.09 Å². The van der Waals surface area contributed by atoms with Crippen LogP contribution in [0.3, 0.4) is 0 Å². The highest BCUT2D eigenvalue weighted by Crippen LogP contribution is 2.25. The van der Waals surface area contributed by atoms with Crippen LogP contribution in [0.5, 0.6) is 0 Å². The Bertz CT molecular complexity index is 1030. The number of alkyl carbamates (subject to hydrolysis) is 1. The van der Waals surface area contributed by atoms with Gasteiger partial charge in [0.2, 0.25) is 5.91 Å². The van der Waals surface area contributed by atoms with E-state index in [4.69, 9.17) is 4.74 Å². The van der Waals surface area contributed by atoms with E-state index >= 15 is 0 Å². The topological polar surface area (TPSA) is 67.4 Å². The largest absolute Gasteiger partial charge is 0.445 e. The van der Waals surface area contributed by atoms with Gasteiger partial charge in [0.1, 0.15) is 12.6 Å². The number of aryl methyl sites for hydroxylation is 2. The molecule has 3 aromatic rings. The molecule has 0 spiro atoms. The first-order chi connectivity index (χ1) is 15.9. The van der Waals surface area contributed by atoms with Crippen LogP contribution in [0.15, 0.2) is 66.0 Å². The Morgan fingerprint density at radius 1 is 0.879 bits per heavy atom. The summed E-state index contributed by atoms with van der Waals surface area (Å²) in [4.78, 5) is 24.6. The second-order valence-electron chi connectivity index (χ2n) is 8.61. The fourth-order valence-corrected chi connectivity index (χ4v) is 4.31. The first kappa shape index (κ1) is 24.5. The molecule has 1 heterocycles. The molecule has 2 aromatic carbocycles. The Morgan fingerprint density at radius 2 is 1.58 bits per heavy atom. The van der Waals surface area contributed by atoms with E-state index in [-0.39, 0.29) is 12.5 Å². The smallest absolute Gasteiger partial charge is 0.408 e. The lowest BCUT2D eigenvalue weighted by Crippen LogP contribution is -2.41. The summed E-state index contributed by atoms with van der Waals surface area (Å²) in [5.74, 6) is 0.379. The summed E-state index contributed by atoms with van der Waals surface area (Å²) < 4.78 is 5.20. The lowest BCUT2D eigenvalue weighted by molar-refractivity contribution is -0.117. The first-order valence-corrected chi connectivity index (χ1v) is 12.2. The molecule has 1 aromatic heterocycles. The third kappa shape index (κ3) is 8.06. The number of amides is 2. The van der Waals surface area contributed by atoms with Crippen LogP contribution < -0.4 is 10.6 Å². The van der Waals surface area contributed by atoms with E-state index in [1.165, 1.54) is 22.5 Å². The summed E-state index contributed by atoms with van der Waals surface area (Å²) in [6.07, 6.45) is 2.21. The predicted molar refractivity (Wildman–Crippen MR) is 135 cm³/mol. The number of rotatable bonds is 10. The van der Waals surface area contributed by atoms with Crippen molar-refractivity contribution in [3.05, 3.63) is 88.3 Å². The predicted octanol–water partition coefficient (Wildman–Crippen LogP) is 5.99. The van der Waals surface area contributed by atoms with Crippen molar-refractivity contribution < 1.29 is 14.3 Å². The molecule has 174 valence electrons. The van der Waals surface area contributed by atoms with Gasteiger partial charge in [-0.3, -0.25) is 4.79 Å². The lowest BCUT2D eigenvalue weighted by Gasteiger charge is -2.14. The van der Waals surface area contributed by atoms with Crippen LogP contribution in [0, 0.1) is 5.92 Å². The van der Waals surface area contributed by atoms with E-state index in [0.29, 0.717) is 5.92 Å². The third-order valence-electron chi connectivity index (χ3n) is 5.27. The van der Waals surface area contributed by atoms with Crippen LogP contribution >= 0.6 is 11.3 Å². The molecule has 2 N–H and O–H groups in total. The minimum Gasteiger partial charge on any atom is -0.445 e. The Balaban J connectivity index is 1.46. The van der Waals surface area contributed by atoms with Crippen molar-refractivity contribution in [1.29, 1.82) is 0 Å². The molecule has 0 aliphatic heterocycles. The molecule has 0 bridgehead atoms. The molecule has 0 aliphatic carbocycles. The van der Waals surface area contributed by atoms with Crippen LogP contribution in [-0.2, 0) is 35.4 Å². The molecule has 0 radical (unpaired) electrons. The number of benzene rings is 2. The molecular formula is C27H32N2O3S. The maximum absolute atomic E-state index is 12.6. The highest BCUT2D eigenvalue weighted by Gasteiger charge is 2.18. The van der Waals surface area contributed by atoms with E-state index in [1.54, 1.807) is 6.92 Å². The summed E-state index contributed by atoms with van der Waals surface area (Å²) in [6.45, 7) is 6.26. The Kier molecular flexibility index (Phi) is 9.07. The molecule has 1 atom stereocenters. The molecule has 33 heavy (non-hydrogen) atoms. The monoisotopic (exact) mass is 464 g/mol. The third-order valence-corrected chi connectivity index (χ3v) is 6.15. The zero-order valence-corrected chi connectivity index (χ0v) is 20.3. The quantitative estimate of drug-likeness (QED) is 0.387. The van der Waals surface area contributed by atoms with Gasteiger partial charge in [0, 0.05) is 0 Å². The average molecular weight is 465 g/mol. The Hall–Kier alpha value is -3.12. The lowest BCUT2D eigenvalue weighted by atomic mass is 10.00. The zero-order chi connectivity index (χ0) is 23.6. The highest BCUT2D eigenvalue weighted by atomic mass is 32.1. The van der Waals surface area contributed by atoms with Crippen molar-refractivity contribution in [2.24, 2.45) is 5.92 Å². The molecule has 0 unspecified atom stereocenters. The molecular weight excluding hydrogens is 432 g/mol. The van der Waals surface area contributed by atoms with Crippen molar-refractivity contribution in [3.63, 3.8) is 0 Å². The molecule has 5 nitrogen and oxygen atoms in total. The molecule has 0 saturated carbocycles. The zero-order valence-electron chi connectivity index (χ0n) is 19.5. The van der Waals surface area contributed by atoms with E-state index < -0.39 is 12.1 Å². The number of hydrogen-bond donors (Lipinski definition) is 2. The molecule has 2 amide bonds. The summed E-state index contributed by atoms with van der Waals surface area (Å²) >= 11 is 1.49. The van der Waals surface area contributed by atoms with Crippen LogP contribution in [-0.4, -0.2) is 18.0 Å². The van der Waals surface area contributed by atoms with Gasteiger partial charge in [-0.1, -0.05) is 68.4 Å². The molecule has 0 fully saturated rings. The van der Waals surface area contributed by atoms with Crippen LogP contribution in [0.25, 0.3) is 0 Å². The van der Waals surface area contributed by atoms with Gasteiger partial charge < -0.3 is 15.4 Å². The van der Waals surface area contributed by atoms with Crippen molar-refractivity contribution in [3.8, 4) is 0 Å². The maximum Gasteiger partial charge on any atom is 0.408 e. The van der Waals surface area contributed by atoms with Gasteiger partial charge in [0.05, 0.1) is 5.00 Å². The van der Waals surface area contributed by atoms with Gasteiger partial charge in [-0.05, 0) is 65.8 Å². The minimum absolute atomic E-state index is 0.161. The summed E-state index contributed by atoms with van der Waals surface area (Å²) in [7, 11) is 0. The van der Waals surface area contributed by atoms with Gasteiger partial charge in [0.15, 0.2) is 0 Å². The second kappa shape index (κ2) is 12.2. The molecule has 3 rings (SSSR count). The fourth-order valence-electron chi connectivity index (χ4n) is 3.46. The van der Waals surface area contributed by atoms with Gasteiger partial charge in [-0.25, -0.2) is 4.79 Å². The molecule has 0 saturated heterocycles. The number of thiophene rings is 1. The number of carbonyl (C=O) groups excluding carboxylic acids is 2. The molecule has 6 heteroatoms. The molecule has 0 aliphatic rings. The van der Waals surface area contributed by atoms with E-state index in [0.717, 1.165) is 35.4 Å². The van der Waals surface area contributed by atoms with E-state index in [2.05, 4.69) is 48.7 Å². The van der Waals surface area contributed by atoms with Gasteiger partial charge in [0.25, 0.3) is 0 Å². The summed E-state index contributed by atoms with van der Waals surface area (Å²) in [6, 6.07) is 19.5. The fraction of sp³-hybridized carbons (Fsp3) is 0.333. The van der Waals surface area contributed by atoms with E-state index in [1.807, 2.05) is 41.8 Å². The SMILES string of the molecule is CC(C)Cc1ccc(CCc2ccsc2NC(=O)[C@H](C)NC(=O)OCc2ccccc2)cc1. The standard InChI is InChI=1S/C27H32N2O3S/c1-19(2)17-22-11-9-21(10-12-22)13-14-24-15-16-33-26(24)29-25(30)20(3)28-27(31)32-18-23-7-5-4-6-8-23/h4-12,15-16,19-20H,13-14,17-18H2,1-3H3,(H,28,31)(H,29,30)/t20-/m0/s1. The average Bonchev–Trinajstić information content (AvgIpc) is 3.24. The highest BCUT2D eigenvalue weighted by molar-refractivity contribution is 7.14. The number of nitrogens with one attached hydrogen (secondary N) is 2. The summed E-state index contributed by atoms with van der Waals surface area (Å²) in [5.41, 5.74) is 4.63. The van der Waals surface area contributed by atoms with Crippen LogP contribution in [0.1, 0.15) is 43.0 Å². The number of ether oxygens (including phenoxy) is 1. The van der Waals surface area contributed by atoms with Crippen molar-refractivity contribution >= 4 is 28.3 Å². The first-order valence-electron chi connectivity index (χ1n) is 11.3. The Morgan fingerprint density at radius 3 is 2.27 bits per heavy atom.